The molecule has 1 atom stereocenters. The maximum Gasteiger partial charge on any atom is 0.0715 e. The highest BCUT2D eigenvalue weighted by Crippen LogP contribution is 2.25. The molecule has 76 valence electrons. The van der Waals surface area contributed by atoms with E-state index in [1.165, 1.54) is 16.7 Å². The molecule has 0 aromatic heterocycles. The highest BCUT2D eigenvalue weighted by atomic mass is 16.5. The molecule has 1 aliphatic heterocycles. The molecule has 0 spiro atoms. The minimum absolute atomic E-state index is 0.482. The van der Waals surface area contributed by atoms with E-state index < -0.39 is 0 Å². The molecule has 2 nitrogen and oxygen atoms in total. The number of nitrogens with one attached hydrogen (secondary N) is 1. The molecule has 1 heterocycles. The lowest BCUT2D eigenvalue weighted by molar-refractivity contribution is 0.184. The Balaban J connectivity index is 2.39. The van der Waals surface area contributed by atoms with Gasteiger partial charge in [-0.05, 0) is 36.6 Å². The van der Waals surface area contributed by atoms with Crippen LogP contribution in [0, 0.1) is 0 Å². The molecule has 0 saturated heterocycles. The van der Waals surface area contributed by atoms with Gasteiger partial charge in [0.2, 0.25) is 0 Å². The fraction of sp³-hybridized carbons (Fsp3) is 0.500. The standard InChI is InChI=1S/C12H17NO/c1-9-11-5-3-4-10(8-14-2)12(11)6-7-13-9/h3-5,9,13H,6-8H2,1-2H3. The van der Waals surface area contributed by atoms with Gasteiger partial charge in [-0.2, -0.15) is 0 Å². The molecule has 1 N–H and O–H groups in total. The van der Waals surface area contributed by atoms with E-state index >= 15 is 0 Å². The van der Waals surface area contributed by atoms with E-state index in [1.807, 2.05) is 0 Å². The molecule has 0 fully saturated rings. The Hall–Kier alpha value is -0.860. The Bertz CT molecular complexity index is 322. The van der Waals surface area contributed by atoms with E-state index in [4.69, 9.17) is 4.74 Å². The number of methoxy groups -OCH3 is 1. The van der Waals surface area contributed by atoms with Gasteiger partial charge in [0.1, 0.15) is 0 Å². The van der Waals surface area contributed by atoms with Crippen molar-refractivity contribution in [3.63, 3.8) is 0 Å². The van der Waals surface area contributed by atoms with Crippen LogP contribution >= 0.6 is 0 Å². The third kappa shape index (κ3) is 1.68. The quantitative estimate of drug-likeness (QED) is 0.772. The van der Waals surface area contributed by atoms with Crippen LogP contribution in [0.3, 0.4) is 0 Å². The van der Waals surface area contributed by atoms with Crippen molar-refractivity contribution in [3.8, 4) is 0 Å². The van der Waals surface area contributed by atoms with Gasteiger partial charge in [0.15, 0.2) is 0 Å². The number of rotatable bonds is 2. The Kier molecular flexibility index (Phi) is 2.85. The first-order valence-electron chi connectivity index (χ1n) is 5.16. The molecule has 1 aliphatic rings. The Morgan fingerprint density at radius 3 is 3.14 bits per heavy atom. The maximum absolute atomic E-state index is 5.21. The summed E-state index contributed by atoms with van der Waals surface area (Å²) in [5, 5.41) is 3.47. The predicted molar refractivity (Wildman–Crippen MR) is 57.3 cm³/mol. The normalized spacial score (nSPS) is 20.6. The molecule has 0 radical (unpaired) electrons. The summed E-state index contributed by atoms with van der Waals surface area (Å²) in [6, 6.07) is 6.98. The number of benzene rings is 1. The molecule has 2 heteroatoms. The molecule has 0 saturated carbocycles. The fourth-order valence-electron chi connectivity index (χ4n) is 2.18. The lowest BCUT2D eigenvalue weighted by Crippen LogP contribution is -2.28. The van der Waals surface area contributed by atoms with Crippen LogP contribution in [0.5, 0.6) is 0 Å². The fourth-order valence-corrected chi connectivity index (χ4v) is 2.18. The van der Waals surface area contributed by atoms with Gasteiger partial charge in [0.25, 0.3) is 0 Å². The number of fused-ring (bicyclic) bond motifs is 1. The van der Waals surface area contributed by atoms with Gasteiger partial charge in [0, 0.05) is 13.2 Å². The Morgan fingerprint density at radius 1 is 1.50 bits per heavy atom. The van der Waals surface area contributed by atoms with Crippen molar-refractivity contribution in [2.75, 3.05) is 13.7 Å². The van der Waals surface area contributed by atoms with Gasteiger partial charge in [-0.25, -0.2) is 0 Å². The molecular formula is C12H17NO. The average Bonchev–Trinajstić information content (AvgIpc) is 2.20. The monoisotopic (exact) mass is 191 g/mol. The van der Waals surface area contributed by atoms with E-state index in [-0.39, 0.29) is 0 Å². The third-order valence-electron chi connectivity index (χ3n) is 2.90. The highest BCUT2D eigenvalue weighted by Gasteiger charge is 2.17. The summed E-state index contributed by atoms with van der Waals surface area (Å²) in [7, 11) is 1.75. The van der Waals surface area contributed by atoms with Crippen molar-refractivity contribution in [1.82, 2.24) is 5.32 Å². The Labute approximate surface area is 85.3 Å². The summed E-state index contributed by atoms with van der Waals surface area (Å²) in [5.41, 5.74) is 4.27. The summed E-state index contributed by atoms with van der Waals surface area (Å²) in [5.74, 6) is 0. The SMILES string of the molecule is COCc1cccc2c1CCNC2C. The van der Waals surface area contributed by atoms with E-state index in [2.05, 4.69) is 30.4 Å². The van der Waals surface area contributed by atoms with Crippen LogP contribution in [-0.4, -0.2) is 13.7 Å². The first-order valence-corrected chi connectivity index (χ1v) is 5.16. The molecule has 0 aliphatic carbocycles. The zero-order valence-corrected chi connectivity index (χ0v) is 8.84. The second-order valence-corrected chi connectivity index (χ2v) is 3.84. The number of hydrogen-bond donors (Lipinski definition) is 1. The average molecular weight is 191 g/mol. The molecule has 0 amide bonds. The summed E-state index contributed by atoms with van der Waals surface area (Å²) < 4.78 is 5.21. The van der Waals surface area contributed by atoms with Crippen molar-refractivity contribution in [3.05, 3.63) is 34.9 Å². The van der Waals surface area contributed by atoms with Gasteiger partial charge in [0.05, 0.1) is 6.61 Å². The third-order valence-corrected chi connectivity index (χ3v) is 2.90. The molecule has 1 unspecified atom stereocenters. The summed E-state index contributed by atoms with van der Waals surface area (Å²) in [6.45, 7) is 4.03. The van der Waals surface area contributed by atoms with Crippen LogP contribution in [-0.2, 0) is 17.8 Å². The Morgan fingerprint density at radius 2 is 2.36 bits per heavy atom. The zero-order valence-electron chi connectivity index (χ0n) is 8.84. The minimum atomic E-state index is 0.482. The van der Waals surface area contributed by atoms with Crippen LogP contribution < -0.4 is 5.32 Å². The summed E-state index contributed by atoms with van der Waals surface area (Å²) >= 11 is 0. The van der Waals surface area contributed by atoms with E-state index in [0.29, 0.717) is 6.04 Å². The van der Waals surface area contributed by atoms with Crippen molar-refractivity contribution < 1.29 is 4.74 Å². The first kappa shape index (κ1) is 9.69. The van der Waals surface area contributed by atoms with Crippen molar-refractivity contribution in [1.29, 1.82) is 0 Å². The molecule has 0 bridgehead atoms. The first-order chi connectivity index (χ1) is 6.83. The molecule has 1 aromatic carbocycles. The van der Waals surface area contributed by atoms with Gasteiger partial charge in [-0.1, -0.05) is 18.2 Å². The van der Waals surface area contributed by atoms with E-state index in [1.54, 1.807) is 7.11 Å². The van der Waals surface area contributed by atoms with Crippen molar-refractivity contribution >= 4 is 0 Å². The molecule has 1 aromatic rings. The molecule has 2 rings (SSSR count). The van der Waals surface area contributed by atoms with Crippen LogP contribution in [0.2, 0.25) is 0 Å². The number of ether oxygens (including phenoxy) is 1. The summed E-state index contributed by atoms with van der Waals surface area (Å²) in [4.78, 5) is 0. The summed E-state index contributed by atoms with van der Waals surface area (Å²) in [6.07, 6.45) is 1.12. The smallest absolute Gasteiger partial charge is 0.0715 e. The van der Waals surface area contributed by atoms with Gasteiger partial charge in [-0.15, -0.1) is 0 Å². The second-order valence-electron chi connectivity index (χ2n) is 3.84. The maximum atomic E-state index is 5.21. The van der Waals surface area contributed by atoms with E-state index in [9.17, 15) is 0 Å². The largest absolute Gasteiger partial charge is 0.380 e. The zero-order chi connectivity index (χ0) is 9.97. The van der Waals surface area contributed by atoms with Crippen LogP contribution in [0.15, 0.2) is 18.2 Å². The lowest BCUT2D eigenvalue weighted by atomic mass is 9.91. The topological polar surface area (TPSA) is 21.3 Å². The van der Waals surface area contributed by atoms with Crippen LogP contribution in [0.1, 0.15) is 29.7 Å². The van der Waals surface area contributed by atoms with Crippen molar-refractivity contribution in [2.45, 2.75) is 26.0 Å². The van der Waals surface area contributed by atoms with Crippen molar-refractivity contribution in [2.24, 2.45) is 0 Å². The lowest BCUT2D eigenvalue weighted by Gasteiger charge is -2.25. The van der Waals surface area contributed by atoms with Crippen LogP contribution in [0.4, 0.5) is 0 Å². The predicted octanol–water partition coefficient (Wildman–Crippen LogP) is 2.04. The van der Waals surface area contributed by atoms with Gasteiger partial charge >= 0.3 is 0 Å². The molecule has 14 heavy (non-hydrogen) atoms. The molecular weight excluding hydrogens is 174 g/mol. The minimum Gasteiger partial charge on any atom is -0.380 e. The van der Waals surface area contributed by atoms with Crippen LogP contribution in [0.25, 0.3) is 0 Å². The van der Waals surface area contributed by atoms with Gasteiger partial charge < -0.3 is 10.1 Å². The highest BCUT2D eigenvalue weighted by molar-refractivity contribution is 5.38. The number of hydrogen-bond acceptors (Lipinski definition) is 2. The second kappa shape index (κ2) is 4.11. The van der Waals surface area contributed by atoms with Gasteiger partial charge in [-0.3, -0.25) is 0 Å². The van der Waals surface area contributed by atoms with E-state index in [0.717, 1.165) is 19.6 Å².